The van der Waals surface area contributed by atoms with Gasteiger partial charge in [-0.2, -0.15) is 0 Å². The lowest BCUT2D eigenvalue weighted by Crippen LogP contribution is -2.49. The first-order valence-electron chi connectivity index (χ1n) is 12.0. The molecule has 3 amide bonds. The van der Waals surface area contributed by atoms with E-state index >= 15 is 0 Å². The molecule has 8 heteroatoms. The van der Waals surface area contributed by atoms with E-state index < -0.39 is 5.91 Å². The minimum Gasteiger partial charge on any atom is -0.274 e. The highest BCUT2D eigenvalue weighted by Crippen LogP contribution is 2.61. The summed E-state index contributed by atoms with van der Waals surface area (Å²) in [5.74, 6) is 1.70. The van der Waals surface area contributed by atoms with Crippen LogP contribution in [0.15, 0.2) is 41.8 Å². The third kappa shape index (κ3) is 4.92. The Morgan fingerprint density at radius 3 is 2.32 bits per heavy atom. The van der Waals surface area contributed by atoms with Gasteiger partial charge in [-0.25, -0.2) is 4.98 Å². The average Bonchev–Trinajstić information content (AvgIpc) is 3.24. The summed E-state index contributed by atoms with van der Waals surface area (Å²) in [6.07, 6.45) is 10.9. The maximum atomic E-state index is 12.6. The number of hydrogen-bond acceptors (Lipinski definition) is 5. The van der Waals surface area contributed by atoms with Gasteiger partial charge in [-0.3, -0.25) is 30.1 Å². The topological polar surface area (TPSA) is 91.4 Å². The number of thiazole rings is 1. The van der Waals surface area contributed by atoms with Crippen LogP contribution in [-0.2, 0) is 14.4 Å². The number of carbonyl (C=O) groups is 3. The van der Waals surface area contributed by atoms with Crippen molar-refractivity contribution in [1.82, 2.24) is 15.8 Å². The van der Waals surface area contributed by atoms with Crippen LogP contribution < -0.4 is 15.8 Å². The van der Waals surface area contributed by atoms with E-state index in [0.29, 0.717) is 17.2 Å². The normalized spacial score (nSPS) is 27.0. The lowest BCUT2D eigenvalue weighted by atomic mass is 9.49. The number of hydrazine groups is 1. The first-order chi connectivity index (χ1) is 16.4. The molecule has 4 aliphatic rings. The molecule has 2 N–H and O–H groups in total. The van der Waals surface area contributed by atoms with Crippen LogP contribution in [0.4, 0.5) is 10.8 Å². The number of nitrogens with zero attached hydrogens (tertiary/aromatic N) is 2. The van der Waals surface area contributed by atoms with Crippen molar-refractivity contribution in [3.05, 3.63) is 47.5 Å². The standard InChI is InChI=1S/C26H30N4O3S/c1-17(31)30(22-5-3-2-4-6-22)25-27-21(16-34-25)7-8-23(32)28-29-24(33)15-26-12-18-9-19(13-26)11-20(10-18)14-26/h2-8,16,18-20H,9-15H2,1H3,(H,28,32)(H,29,33)/b8-7+. The van der Waals surface area contributed by atoms with Gasteiger partial charge in [0.1, 0.15) is 0 Å². The van der Waals surface area contributed by atoms with E-state index in [4.69, 9.17) is 0 Å². The summed E-state index contributed by atoms with van der Waals surface area (Å²) in [7, 11) is 0. The molecular weight excluding hydrogens is 448 g/mol. The van der Waals surface area contributed by atoms with Crippen molar-refractivity contribution in [2.45, 2.75) is 51.9 Å². The van der Waals surface area contributed by atoms with Crippen LogP contribution in [-0.4, -0.2) is 22.7 Å². The summed E-state index contributed by atoms with van der Waals surface area (Å²) >= 11 is 1.32. The second-order valence-corrected chi connectivity index (χ2v) is 11.0. The molecule has 0 atom stereocenters. The molecule has 0 aliphatic heterocycles. The van der Waals surface area contributed by atoms with Gasteiger partial charge in [-0.15, -0.1) is 11.3 Å². The number of aromatic nitrogens is 1. The van der Waals surface area contributed by atoms with E-state index in [1.807, 2.05) is 30.3 Å². The molecule has 1 heterocycles. The molecule has 1 aromatic carbocycles. The van der Waals surface area contributed by atoms with Crippen LogP contribution in [0, 0.1) is 23.2 Å². The van der Waals surface area contributed by atoms with Crippen molar-refractivity contribution in [2.24, 2.45) is 23.2 Å². The number of hydrogen-bond donors (Lipinski definition) is 2. The highest BCUT2D eigenvalue weighted by Gasteiger charge is 2.51. The number of rotatable bonds is 6. The van der Waals surface area contributed by atoms with Crippen molar-refractivity contribution in [2.75, 3.05) is 4.90 Å². The molecule has 0 saturated heterocycles. The maximum Gasteiger partial charge on any atom is 0.262 e. The van der Waals surface area contributed by atoms with Gasteiger partial charge in [0.25, 0.3) is 5.91 Å². The molecule has 7 nitrogen and oxygen atoms in total. The lowest BCUT2D eigenvalue weighted by molar-refractivity contribution is -0.133. The zero-order valence-corrected chi connectivity index (χ0v) is 20.1. The van der Waals surface area contributed by atoms with Gasteiger partial charge in [0.05, 0.1) is 11.4 Å². The number of carbonyl (C=O) groups excluding carboxylic acids is 3. The molecule has 2 aromatic rings. The maximum absolute atomic E-state index is 12.6. The largest absolute Gasteiger partial charge is 0.274 e. The Hall–Kier alpha value is -3.00. The molecule has 0 spiro atoms. The number of nitrogens with one attached hydrogen (secondary N) is 2. The van der Waals surface area contributed by atoms with Crippen LogP contribution in [0.25, 0.3) is 6.08 Å². The van der Waals surface area contributed by atoms with E-state index in [9.17, 15) is 14.4 Å². The second kappa shape index (κ2) is 9.33. The molecule has 0 radical (unpaired) electrons. The van der Waals surface area contributed by atoms with E-state index in [2.05, 4.69) is 15.8 Å². The minimum absolute atomic E-state index is 0.111. The third-order valence-electron chi connectivity index (χ3n) is 7.46. The Balaban J connectivity index is 1.14. The molecule has 34 heavy (non-hydrogen) atoms. The van der Waals surface area contributed by atoms with Crippen molar-refractivity contribution in [1.29, 1.82) is 0 Å². The monoisotopic (exact) mass is 478 g/mol. The van der Waals surface area contributed by atoms with Crippen LogP contribution in [0.5, 0.6) is 0 Å². The van der Waals surface area contributed by atoms with Gasteiger partial charge in [0, 0.05) is 24.8 Å². The Morgan fingerprint density at radius 1 is 1.06 bits per heavy atom. The van der Waals surface area contributed by atoms with Crippen molar-refractivity contribution < 1.29 is 14.4 Å². The first-order valence-corrected chi connectivity index (χ1v) is 12.9. The number of anilines is 2. The summed E-state index contributed by atoms with van der Waals surface area (Å²) in [5.41, 5.74) is 6.53. The fourth-order valence-electron chi connectivity index (χ4n) is 6.68. The van der Waals surface area contributed by atoms with Crippen LogP contribution in [0.1, 0.15) is 57.6 Å². The molecular formula is C26H30N4O3S. The van der Waals surface area contributed by atoms with E-state index in [1.54, 1.807) is 11.5 Å². The van der Waals surface area contributed by atoms with Gasteiger partial charge >= 0.3 is 0 Å². The van der Waals surface area contributed by atoms with Gasteiger partial charge in [-0.1, -0.05) is 18.2 Å². The van der Waals surface area contributed by atoms with Gasteiger partial charge in [-0.05, 0) is 79.9 Å². The molecule has 6 rings (SSSR count). The average molecular weight is 479 g/mol. The Bertz CT molecular complexity index is 1070. The van der Waals surface area contributed by atoms with Crippen LogP contribution in [0.3, 0.4) is 0 Å². The number of amides is 3. The van der Waals surface area contributed by atoms with E-state index in [0.717, 1.165) is 42.7 Å². The Labute approximate surface area is 203 Å². The summed E-state index contributed by atoms with van der Waals surface area (Å²) in [5, 5.41) is 2.31. The predicted molar refractivity (Wildman–Crippen MR) is 132 cm³/mol. The quantitative estimate of drug-likeness (QED) is 0.469. The molecule has 4 fully saturated rings. The number of para-hydroxylation sites is 1. The summed E-state index contributed by atoms with van der Waals surface area (Å²) in [6.45, 7) is 1.49. The predicted octanol–water partition coefficient (Wildman–Crippen LogP) is 4.59. The molecule has 0 unspecified atom stereocenters. The summed E-state index contributed by atoms with van der Waals surface area (Å²) in [6, 6.07) is 9.30. The Morgan fingerprint density at radius 2 is 1.71 bits per heavy atom. The second-order valence-electron chi connectivity index (χ2n) is 10.2. The summed E-state index contributed by atoms with van der Waals surface area (Å²) < 4.78 is 0. The van der Waals surface area contributed by atoms with Crippen LogP contribution in [0.2, 0.25) is 0 Å². The molecule has 4 aliphatic carbocycles. The molecule has 178 valence electrons. The van der Waals surface area contributed by atoms with Gasteiger partial charge in [0.15, 0.2) is 5.13 Å². The molecule has 1 aromatic heterocycles. The van der Waals surface area contributed by atoms with Crippen molar-refractivity contribution in [3.8, 4) is 0 Å². The smallest absolute Gasteiger partial charge is 0.262 e. The van der Waals surface area contributed by atoms with Gasteiger partial charge in [0.2, 0.25) is 11.8 Å². The fraction of sp³-hybridized carbons (Fsp3) is 0.462. The van der Waals surface area contributed by atoms with Gasteiger partial charge < -0.3 is 0 Å². The highest BCUT2D eigenvalue weighted by molar-refractivity contribution is 7.14. The SMILES string of the molecule is CC(=O)N(c1ccccc1)c1nc(/C=C/C(=O)NNC(=O)CC23CC4CC(CC(C4)C2)C3)cs1. The zero-order valence-electron chi connectivity index (χ0n) is 19.3. The summed E-state index contributed by atoms with van der Waals surface area (Å²) in [4.78, 5) is 43.0. The van der Waals surface area contributed by atoms with Crippen LogP contribution >= 0.6 is 11.3 Å². The minimum atomic E-state index is -0.417. The first kappa shape index (κ1) is 22.8. The van der Waals surface area contributed by atoms with Crippen molar-refractivity contribution in [3.63, 3.8) is 0 Å². The Kier molecular flexibility index (Phi) is 6.25. The zero-order chi connectivity index (χ0) is 23.7. The number of benzene rings is 1. The molecule has 4 bridgehead atoms. The van der Waals surface area contributed by atoms with Crippen molar-refractivity contribution >= 4 is 46.0 Å². The lowest BCUT2D eigenvalue weighted by Gasteiger charge is -2.56. The fourth-order valence-corrected chi connectivity index (χ4v) is 7.54. The van der Waals surface area contributed by atoms with E-state index in [-0.39, 0.29) is 17.2 Å². The third-order valence-corrected chi connectivity index (χ3v) is 8.31. The van der Waals surface area contributed by atoms with E-state index in [1.165, 1.54) is 48.5 Å². The highest BCUT2D eigenvalue weighted by atomic mass is 32.1. The molecule has 4 saturated carbocycles.